The number of hydrogen-bond donors (Lipinski definition) is 2. The molecule has 0 bridgehead atoms. The number of carbonyl (C=O) groups excluding carboxylic acids is 6. The Morgan fingerprint density at radius 2 is 1.74 bits per heavy atom. The number of anilines is 1. The van der Waals surface area contributed by atoms with Crippen LogP contribution >= 0.6 is 0 Å². The molecule has 3 aromatic carbocycles. The van der Waals surface area contributed by atoms with Gasteiger partial charge in [-0.05, 0) is 48.9 Å². The second-order valence-electron chi connectivity index (χ2n) is 18.7. The summed E-state index contributed by atoms with van der Waals surface area (Å²) in [5.74, 6) is -0.311. The molecule has 379 valence electrons. The molecule has 73 heavy (non-hydrogen) atoms. The molecule has 1 aliphatic carbocycles. The van der Waals surface area contributed by atoms with Gasteiger partial charge in [0.1, 0.15) is 47.7 Å². The van der Waals surface area contributed by atoms with Crippen LogP contribution in [0.3, 0.4) is 0 Å². The Morgan fingerprint density at radius 1 is 1.00 bits per heavy atom. The number of nitrogens with two attached hydrogens (primary N) is 1. The number of rotatable bonds is 13. The van der Waals surface area contributed by atoms with E-state index in [1.54, 1.807) is 63.0 Å². The normalized spacial score (nSPS) is 18.2. The van der Waals surface area contributed by atoms with E-state index in [9.17, 15) is 24.0 Å². The van der Waals surface area contributed by atoms with E-state index in [1.807, 2.05) is 38.8 Å². The second-order valence-corrected chi connectivity index (χ2v) is 18.7. The summed E-state index contributed by atoms with van der Waals surface area (Å²) in [5, 5.41) is 7.94. The molecule has 3 N–H and O–H groups in total. The first kappa shape index (κ1) is 55.6. The number of amides is 3. The fourth-order valence-electron chi connectivity index (χ4n) is 9.66. The zero-order valence-electron chi connectivity index (χ0n) is 41.1. The molecule has 1 saturated carbocycles. The van der Waals surface area contributed by atoms with Crippen molar-refractivity contribution in [3.63, 3.8) is 0 Å². The molecule has 2 saturated heterocycles. The van der Waals surface area contributed by atoms with Crippen molar-refractivity contribution in [2.24, 2.45) is 5.41 Å². The Morgan fingerprint density at radius 3 is 2.42 bits per heavy atom. The Balaban J connectivity index is 0.000000345. The van der Waals surface area contributed by atoms with E-state index in [2.05, 4.69) is 42.9 Å². The number of nitrogens with zero attached hydrogens (tertiary/aromatic N) is 9. The average molecular weight is 1070 g/mol. The maximum atomic E-state index is 15.7. The van der Waals surface area contributed by atoms with E-state index in [1.165, 1.54) is 12.4 Å². The minimum absolute atomic E-state index is 0. The molecule has 1 unspecified atom stereocenters. The molecular weight excluding hydrogens is 1010 g/mol. The largest absolute Gasteiger partial charge is 0.457 e. The number of nitrogen functional groups attached to an aromatic ring is 1. The van der Waals surface area contributed by atoms with Crippen LogP contribution in [0, 0.1) is 30.8 Å². The van der Waals surface area contributed by atoms with Crippen LogP contribution in [-0.2, 0) is 69.8 Å². The molecule has 5 heterocycles. The van der Waals surface area contributed by atoms with Crippen molar-refractivity contribution in [3.8, 4) is 22.8 Å². The third-order valence-corrected chi connectivity index (χ3v) is 13.0. The van der Waals surface area contributed by atoms with Crippen molar-refractivity contribution in [1.29, 1.82) is 0 Å². The molecule has 0 spiro atoms. The molecule has 2 aromatic heterocycles. The van der Waals surface area contributed by atoms with E-state index < -0.39 is 17.3 Å². The number of halogens is 1. The fraction of sp³-hybridized carbons (Fsp3) is 0.377. The first-order valence-electron chi connectivity index (χ1n) is 23.8. The predicted molar refractivity (Wildman–Crippen MR) is 266 cm³/mol. The SMILES string of the molecule is C=O.O=C1CCC(N2Cc3[c-]cccc3C2=O)C(=O)C1.[C-]#[N+]/C(=C\C(C)(C)CN1CCN(CCNC([CH2-])=O)CC1)C(=O)N1CCC[C@H]1Cn1nc(-c2ccc(Oc3ccccc3)cc2F)c2c(N)ncnc21.[Y]. The van der Waals surface area contributed by atoms with Gasteiger partial charge in [0.05, 0.1) is 42.9 Å². The smallest absolute Gasteiger partial charge is 0.252 e. The Kier molecular flexibility index (Phi) is 19.3. The number of carbonyl (C=O) groups is 6. The van der Waals surface area contributed by atoms with Crippen molar-refractivity contribution in [1.82, 2.24) is 44.7 Å². The number of para-hydroxylation sites is 1. The first-order valence-corrected chi connectivity index (χ1v) is 23.8. The Hall–Kier alpha value is -6.72. The van der Waals surface area contributed by atoms with Crippen LogP contribution in [0.15, 0.2) is 84.8 Å². The van der Waals surface area contributed by atoms with Gasteiger partial charge in [0.25, 0.3) is 5.91 Å². The average Bonchev–Trinajstić information content (AvgIpc) is 4.08. The summed E-state index contributed by atoms with van der Waals surface area (Å²) in [6.45, 7) is 24.1. The number of aromatic nitrogens is 4. The topological polar surface area (TPSA) is 211 Å². The Labute approximate surface area is 449 Å². The van der Waals surface area contributed by atoms with E-state index >= 15 is 4.39 Å². The minimum Gasteiger partial charge on any atom is -0.457 e. The number of Topliss-reactive ketones (excluding diaryl/α,β-unsaturated/α-hetero) is 2. The van der Waals surface area contributed by atoms with E-state index in [-0.39, 0.29) is 98.1 Å². The van der Waals surface area contributed by atoms with Crippen LogP contribution in [0.1, 0.15) is 61.9 Å². The van der Waals surface area contributed by atoms with E-state index in [0.29, 0.717) is 79.2 Å². The van der Waals surface area contributed by atoms with Gasteiger partial charge < -0.3 is 47.0 Å². The van der Waals surface area contributed by atoms with Gasteiger partial charge >= 0.3 is 0 Å². The first-order chi connectivity index (χ1) is 34.7. The summed E-state index contributed by atoms with van der Waals surface area (Å²) in [4.78, 5) is 88.6. The summed E-state index contributed by atoms with van der Waals surface area (Å²) >= 11 is 0. The molecule has 9 rings (SSSR count). The van der Waals surface area contributed by atoms with Gasteiger partial charge in [0, 0.05) is 110 Å². The molecule has 20 heteroatoms. The number of piperazine rings is 1. The van der Waals surface area contributed by atoms with Crippen LogP contribution in [0.2, 0.25) is 0 Å². The van der Waals surface area contributed by atoms with Crippen LogP contribution < -0.4 is 15.8 Å². The number of ketones is 2. The summed E-state index contributed by atoms with van der Waals surface area (Å²) in [6.07, 6.45) is 5.44. The zero-order valence-corrected chi connectivity index (χ0v) is 43.9. The van der Waals surface area contributed by atoms with E-state index in [0.717, 1.165) is 44.7 Å². The third kappa shape index (κ3) is 13.7. The van der Waals surface area contributed by atoms with Crippen LogP contribution in [0.5, 0.6) is 11.5 Å². The van der Waals surface area contributed by atoms with Crippen molar-refractivity contribution in [2.45, 2.75) is 71.1 Å². The Bertz CT molecular complexity index is 2880. The maximum absolute atomic E-state index is 15.7. The number of ether oxygens (including phenoxy) is 1. The number of nitrogens with one attached hydrogen (secondary N) is 1. The monoisotopic (exact) mass is 1070 g/mol. The molecular formula is C53H58FN11O7Y-2. The van der Waals surface area contributed by atoms with Crippen molar-refractivity contribution in [2.75, 3.05) is 58.1 Å². The van der Waals surface area contributed by atoms with Crippen LogP contribution in [-0.4, -0.2) is 140 Å². The van der Waals surface area contributed by atoms with Crippen LogP contribution in [0.4, 0.5) is 10.2 Å². The number of benzene rings is 3. The third-order valence-electron chi connectivity index (χ3n) is 13.0. The summed E-state index contributed by atoms with van der Waals surface area (Å²) in [7, 11) is 0. The molecule has 3 amide bonds. The molecule has 3 fully saturated rings. The number of hydrogen-bond acceptors (Lipinski definition) is 13. The van der Waals surface area contributed by atoms with Gasteiger partial charge in [0.15, 0.2) is 17.3 Å². The molecule has 4 aliphatic rings. The van der Waals surface area contributed by atoms with Crippen molar-refractivity contribution < 1.29 is 70.6 Å². The van der Waals surface area contributed by atoms with Gasteiger partial charge in [-0.1, -0.05) is 43.7 Å². The molecule has 1 radical (unpaired) electrons. The van der Waals surface area contributed by atoms with Gasteiger partial charge in [0.2, 0.25) is 5.70 Å². The van der Waals surface area contributed by atoms with Crippen molar-refractivity contribution in [3.05, 3.63) is 126 Å². The fourth-order valence-corrected chi connectivity index (χ4v) is 9.66. The summed E-state index contributed by atoms with van der Waals surface area (Å²) < 4.78 is 23.1. The van der Waals surface area contributed by atoms with Gasteiger partial charge in [-0.25, -0.2) is 23.9 Å². The molecule has 2 atom stereocenters. The standard InChI is InChI=1S/C38H44FN10O3.C14H12NO3.CH2O.Y/c1-26(50)42-14-16-46-17-19-47(20-18-46)24-38(2,3)22-32(41-4)37(51)48-15-8-9-27(48)23-49-36-33(35(40)43-25-44-36)34(45-49)30-13-12-29(21-31(30)39)52-28-10-6-5-7-11-28;16-10-5-6-12(13(17)7-10)15-8-9-3-1-2-4-11(9)14(15)18;1-2;/h5-7,10-13,21-22,25,27H,1,8-9,14-20,23-24H2,2-3H3,(H,42,50)(H2,40,43,44);1-2,4,12H,5-8H2;1H2;/q2*-1;;/b32-22-;;;/t27-;;;/m0.../s1. The van der Waals surface area contributed by atoms with Crippen LogP contribution in [0.25, 0.3) is 27.1 Å². The predicted octanol–water partition coefficient (Wildman–Crippen LogP) is 5.34. The number of fused-ring (bicyclic) bond motifs is 2. The van der Waals surface area contributed by atoms with Gasteiger partial charge in [-0.3, -0.25) is 24.1 Å². The van der Waals surface area contributed by atoms with E-state index in [4.69, 9.17) is 26.9 Å². The maximum Gasteiger partial charge on any atom is 0.252 e. The number of likely N-dealkylation sites (tertiary alicyclic amines) is 1. The summed E-state index contributed by atoms with van der Waals surface area (Å²) in [6, 6.07) is 21.3. The summed E-state index contributed by atoms with van der Waals surface area (Å²) in [5.41, 5.74) is 8.39. The van der Waals surface area contributed by atoms with Gasteiger partial charge in [-0.15, -0.1) is 5.56 Å². The second kappa shape index (κ2) is 25.3. The molecule has 18 nitrogen and oxygen atoms in total. The quantitative estimate of drug-likeness (QED) is 0.0868. The minimum atomic E-state index is -0.544. The van der Waals surface area contributed by atoms with Gasteiger partial charge in [-0.2, -0.15) is 29.4 Å². The zero-order chi connectivity index (χ0) is 51.5. The molecule has 3 aliphatic heterocycles. The van der Waals surface area contributed by atoms with Crippen molar-refractivity contribution >= 4 is 52.9 Å². The molecule has 5 aromatic rings.